The number of aromatic nitrogens is 2. The van der Waals surface area contributed by atoms with Crippen LogP contribution >= 0.6 is 0 Å². The number of carbonyl (C=O) groups is 2. The van der Waals surface area contributed by atoms with E-state index in [1.54, 1.807) is 21.0 Å². The minimum Gasteiger partial charge on any atom is -0.478 e. The van der Waals surface area contributed by atoms with Crippen LogP contribution in [-0.4, -0.2) is 45.8 Å². The monoisotopic (exact) mass is 211 g/mol. The SMILES string of the molecule is CC(C(=O)N(C)C)n1cc(C(=O)O)cn1. The number of nitrogens with zero attached hydrogens (tertiary/aromatic N) is 3. The highest BCUT2D eigenvalue weighted by molar-refractivity contribution is 5.87. The summed E-state index contributed by atoms with van der Waals surface area (Å²) in [5, 5.41) is 12.5. The molecule has 1 atom stereocenters. The molecule has 1 amide bonds. The zero-order valence-electron chi connectivity index (χ0n) is 8.84. The van der Waals surface area contributed by atoms with Gasteiger partial charge in [0.05, 0.1) is 11.8 Å². The quantitative estimate of drug-likeness (QED) is 0.776. The van der Waals surface area contributed by atoms with Gasteiger partial charge in [-0.1, -0.05) is 0 Å². The molecule has 0 spiro atoms. The van der Waals surface area contributed by atoms with Crippen molar-refractivity contribution in [3.63, 3.8) is 0 Å². The summed E-state index contributed by atoms with van der Waals surface area (Å²) in [4.78, 5) is 23.6. The topological polar surface area (TPSA) is 75.4 Å². The average molecular weight is 211 g/mol. The predicted octanol–water partition coefficient (Wildman–Crippen LogP) is 0.230. The second kappa shape index (κ2) is 4.12. The van der Waals surface area contributed by atoms with E-state index in [0.29, 0.717) is 0 Å². The highest BCUT2D eigenvalue weighted by Gasteiger charge is 2.18. The number of carboxylic acid groups (broad SMARTS) is 1. The number of aromatic carboxylic acids is 1. The second-order valence-corrected chi connectivity index (χ2v) is 3.42. The van der Waals surface area contributed by atoms with Crippen LogP contribution in [0.5, 0.6) is 0 Å². The number of hydrogen-bond acceptors (Lipinski definition) is 3. The van der Waals surface area contributed by atoms with Gasteiger partial charge in [-0.05, 0) is 6.92 Å². The van der Waals surface area contributed by atoms with Crippen LogP contribution in [0.1, 0.15) is 23.3 Å². The Hall–Kier alpha value is -1.85. The molecule has 1 heterocycles. The van der Waals surface area contributed by atoms with Gasteiger partial charge in [0.1, 0.15) is 6.04 Å². The molecule has 1 aromatic heterocycles. The zero-order valence-corrected chi connectivity index (χ0v) is 8.84. The zero-order chi connectivity index (χ0) is 11.6. The van der Waals surface area contributed by atoms with Gasteiger partial charge in [0.25, 0.3) is 0 Å². The Labute approximate surface area is 87.1 Å². The summed E-state index contributed by atoms with van der Waals surface area (Å²) in [6.07, 6.45) is 2.57. The first-order valence-corrected chi connectivity index (χ1v) is 4.42. The maximum absolute atomic E-state index is 11.5. The van der Waals surface area contributed by atoms with Crippen LogP contribution in [-0.2, 0) is 4.79 Å². The van der Waals surface area contributed by atoms with E-state index in [2.05, 4.69) is 5.10 Å². The van der Waals surface area contributed by atoms with Crippen LogP contribution in [0.25, 0.3) is 0 Å². The standard InChI is InChI=1S/C9H13N3O3/c1-6(8(13)11(2)3)12-5-7(4-10-12)9(14)15/h4-6H,1-3H3,(H,14,15). The molecule has 0 aromatic carbocycles. The van der Waals surface area contributed by atoms with Gasteiger partial charge in [0.2, 0.25) is 5.91 Å². The minimum atomic E-state index is -1.05. The number of carbonyl (C=O) groups excluding carboxylic acids is 1. The molecule has 1 aromatic rings. The number of amides is 1. The summed E-state index contributed by atoms with van der Waals surface area (Å²) >= 11 is 0. The molecule has 1 unspecified atom stereocenters. The molecule has 0 saturated carbocycles. The summed E-state index contributed by atoms with van der Waals surface area (Å²) in [6.45, 7) is 1.67. The summed E-state index contributed by atoms with van der Waals surface area (Å²) in [7, 11) is 3.28. The molecule has 1 rings (SSSR count). The third kappa shape index (κ3) is 2.34. The van der Waals surface area contributed by atoms with Crippen molar-refractivity contribution in [3.05, 3.63) is 18.0 Å². The van der Waals surface area contributed by atoms with E-state index in [0.717, 1.165) is 0 Å². The van der Waals surface area contributed by atoms with Crippen molar-refractivity contribution in [2.75, 3.05) is 14.1 Å². The van der Waals surface area contributed by atoms with Gasteiger partial charge in [-0.25, -0.2) is 4.79 Å². The van der Waals surface area contributed by atoms with Crippen molar-refractivity contribution in [1.82, 2.24) is 14.7 Å². The van der Waals surface area contributed by atoms with E-state index in [4.69, 9.17) is 5.11 Å². The number of likely N-dealkylation sites (N-methyl/N-ethyl adjacent to an activating group) is 1. The molecule has 6 nitrogen and oxygen atoms in total. The maximum atomic E-state index is 11.5. The van der Waals surface area contributed by atoms with Gasteiger partial charge in [0, 0.05) is 20.3 Å². The van der Waals surface area contributed by atoms with E-state index in [9.17, 15) is 9.59 Å². The lowest BCUT2D eigenvalue weighted by Crippen LogP contribution is -2.30. The van der Waals surface area contributed by atoms with E-state index in [1.165, 1.54) is 22.0 Å². The lowest BCUT2D eigenvalue weighted by atomic mass is 10.3. The van der Waals surface area contributed by atoms with Gasteiger partial charge in [-0.3, -0.25) is 9.48 Å². The lowest BCUT2D eigenvalue weighted by Gasteiger charge is -2.16. The van der Waals surface area contributed by atoms with Crippen LogP contribution < -0.4 is 0 Å². The summed E-state index contributed by atoms with van der Waals surface area (Å²) in [5.41, 5.74) is 0.0772. The Bertz CT molecular complexity index is 384. The van der Waals surface area contributed by atoms with Crippen LogP contribution in [0.4, 0.5) is 0 Å². The van der Waals surface area contributed by atoms with E-state index in [1.807, 2.05) is 0 Å². The number of hydrogen-bond donors (Lipinski definition) is 1. The Morgan fingerprint density at radius 1 is 1.53 bits per heavy atom. The highest BCUT2D eigenvalue weighted by atomic mass is 16.4. The van der Waals surface area contributed by atoms with Gasteiger partial charge in [-0.15, -0.1) is 0 Å². The molecule has 1 N–H and O–H groups in total. The van der Waals surface area contributed by atoms with Crippen molar-refractivity contribution in [2.45, 2.75) is 13.0 Å². The molecular formula is C9H13N3O3. The molecule has 6 heteroatoms. The number of rotatable bonds is 3. The Balaban J connectivity index is 2.87. The van der Waals surface area contributed by atoms with Crippen molar-refractivity contribution >= 4 is 11.9 Å². The van der Waals surface area contributed by atoms with Crippen LogP contribution in [0.15, 0.2) is 12.4 Å². The first-order valence-electron chi connectivity index (χ1n) is 4.42. The normalized spacial score (nSPS) is 12.2. The largest absolute Gasteiger partial charge is 0.478 e. The van der Waals surface area contributed by atoms with Crippen molar-refractivity contribution in [1.29, 1.82) is 0 Å². The van der Waals surface area contributed by atoms with Crippen molar-refractivity contribution in [3.8, 4) is 0 Å². The maximum Gasteiger partial charge on any atom is 0.338 e. The summed E-state index contributed by atoms with van der Waals surface area (Å²) < 4.78 is 1.34. The van der Waals surface area contributed by atoms with Gasteiger partial charge in [0.15, 0.2) is 0 Å². The first-order chi connectivity index (χ1) is 6.93. The Morgan fingerprint density at radius 2 is 2.13 bits per heavy atom. The molecule has 0 fully saturated rings. The molecule has 0 aliphatic heterocycles. The average Bonchev–Trinajstić information content (AvgIpc) is 2.64. The van der Waals surface area contributed by atoms with E-state index in [-0.39, 0.29) is 11.5 Å². The van der Waals surface area contributed by atoms with Crippen LogP contribution in [0.3, 0.4) is 0 Å². The molecule has 0 radical (unpaired) electrons. The third-order valence-corrected chi connectivity index (χ3v) is 2.04. The summed E-state index contributed by atoms with van der Waals surface area (Å²) in [6, 6.07) is -0.493. The van der Waals surface area contributed by atoms with Gasteiger partial charge >= 0.3 is 5.97 Å². The van der Waals surface area contributed by atoms with Crippen LogP contribution in [0, 0.1) is 0 Å². The predicted molar refractivity (Wildman–Crippen MR) is 52.6 cm³/mol. The second-order valence-electron chi connectivity index (χ2n) is 3.42. The van der Waals surface area contributed by atoms with Crippen molar-refractivity contribution < 1.29 is 14.7 Å². The molecule has 0 aliphatic carbocycles. The van der Waals surface area contributed by atoms with Crippen LogP contribution in [0.2, 0.25) is 0 Å². The summed E-state index contributed by atoms with van der Waals surface area (Å²) in [5.74, 6) is -1.18. The third-order valence-electron chi connectivity index (χ3n) is 2.04. The van der Waals surface area contributed by atoms with Gasteiger partial charge in [-0.2, -0.15) is 5.10 Å². The minimum absolute atomic E-state index is 0.0772. The Kier molecular flexibility index (Phi) is 3.08. The van der Waals surface area contributed by atoms with E-state index < -0.39 is 12.0 Å². The fraction of sp³-hybridized carbons (Fsp3) is 0.444. The molecule has 15 heavy (non-hydrogen) atoms. The van der Waals surface area contributed by atoms with Crippen molar-refractivity contribution in [2.24, 2.45) is 0 Å². The molecule has 0 saturated heterocycles. The molecule has 0 bridgehead atoms. The number of carboxylic acids is 1. The molecular weight excluding hydrogens is 198 g/mol. The molecule has 0 aliphatic rings. The lowest BCUT2D eigenvalue weighted by molar-refractivity contribution is -0.131. The Morgan fingerprint density at radius 3 is 2.53 bits per heavy atom. The smallest absolute Gasteiger partial charge is 0.338 e. The highest BCUT2D eigenvalue weighted by Crippen LogP contribution is 2.08. The van der Waals surface area contributed by atoms with E-state index >= 15 is 0 Å². The fourth-order valence-electron chi connectivity index (χ4n) is 1.15. The fourth-order valence-corrected chi connectivity index (χ4v) is 1.15. The van der Waals surface area contributed by atoms with Gasteiger partial charge < -0.3 is 10.0 Å². The molecule has 82 valence electrons. The first kappa shape index (κ1) is 11.2.